The second-order valence-electron chi connectivity index (χ2n) is 2.02. The van der Waals surface area contributed by atoms with Gasteiger partial charge >= 0.3 is 5.97 Å². The van der Waals surface area contributed by atoms with Crippen molar-refractivity contribution in [2.75, 3.05) is 0 Å². The molecule has 0 saturated carbocycles. The number of ether oxygens (including phenoxy) is 1. The van der Waals surface area contributed by atoms with Gasteiger partial charge in [-0.25, -0.2) is 0 Å². The lowest BCUT2D eigenvalue weighted by Gasteiger charge is -1.93. The van der Waals surface area contributed by atoms with Gasteiger partial charge in [0.05, 0.1) is 6.26 Å². The van der Waals surface area contributed by atoms with Crippen molar-refractivity contribution in [1.29, 1.82) is 0 Å². The minimum absolute atomic E-state index is 0.146. The molecular formula is C8H14O2. The van der Waals surface area contributed by atoms with Crippen LogP contribution in [0.1, 0.15) is 33.1 Å². The van der Waals surface area contributed by atoms with E-state index in [0.717, 1.165) is 12.8 Å². The van der Waals surface area contributed by atoms with Crippen molar-refractivity contribution < 1.29 is 9.53 Å². The predicted molar refractivity (Wildman–Crippen MR) is 40.4 cm³/mol. The summed E-state index contributed by atoms with van der Waals surface area (Å²) in [6, 6.07) is 0. The van der Waals surface area contributed by atoms with Gasteiger partial charge in [-0.2, -0.15) is 0 Å². The Morgan fingerprint density at radius 2 is 2.20 bits per heavy atom. The van der Waals surface area contributed by atoms with Crippen LogP contribution in [0.5, 0.6) is 0 Å². The second-order valence-corrected chi connectivity index (χ2v) is 2.02. The Labute approximate surface area is 61.9 Å². The highest BCUT2D eigenvalue weighted by atomic mass is 16.5. The molecule has 0 aromatic rings. The average Bonchev–Trinajstić information content (AvgIpc) is 1.89. The quantitative estimate of drug-likeness (QED) is 0.444. The summed E-state index contributed by atoms with van der Waals surface area (Å²) in [4.78, 5) is 10.6. The number of esters is 1. The molecule has 0 aliphatic heterocycles. The fourth-order valence-electron chi connectivity index (χ4n) is 0.483. The molecule has 0 saturated heterocycles. The van der Waals surface area contributed by atoms with Crippen molar-refractivity contribution in [3.05, 3.63) is 12.3 Å². The van der Waals surface area contributed by atoms with Gasteiger partial charge in [-0.15, -0.1) is 0 Å². The van der Waals surface area contributed by atoms with Gasteiger partial charge in [-0.3, -0.25) is 4.79 Å². The normalized spacial score (nSPS) is 10.2. The summed E-state index contributed by atoms with van der Waals surface area (Å²) in [6.45, 7) is 3.94. The van der Waals surface area contributed by atoms with Gasteiger partial charge in [0, 0.05) is 6.42 Å². The van der Waals surface area contributed by atoms with Gasteiger partial charge < -0.3 is 4.74 Å². The van der Waals surface area contributed by atoms with E-state index in [1.807, 2.05) is 19.9 Å². The lowest BCUT2D eigenvalue weighted by Crippen LogP contribution is -1.97. The molecule has 0 aliphatic carbocycles. The maximum absolute atomic E-state index is 10.6. The van der Waals surface area contributed by atoms with Crippen LogP contribution in [0.25, 0.3) is 0 Å². The molecular weight excluding hydrogens is 128 g/mol. The zero-order valence-corrected chi connectivity index (χ0v) is 6.59. The van der Waals surface area contributed by atoms with Crippen LogP contribution in [-0.2, 0) is 9.53 Å². The van der Waals surface area contributed by atoms with Crippen molar-refractivity contribution in [1.82, 2.24) is 0 Å². The highest BCUT2D eigenvalue weighted by molar-refractivity contribution is 5.69. The van der Waals surface area contributed by atoms with Gasteiger partial charge in [0.1, 0.15) is 0 Å². The highest BCUT2D eigenvalue weighted by Crippen LogP contribution is 1.91. The van der Waals surface area contributed by atoms with E-state index in [9.17, 15) is 4.79 Å². The number of carbonyl (C=O) groups is 1. The minimum Gasteiger partial charge on any atom is -0.435 e. The Morgan fingerprint density at radius 1 is 1.50 bits per heavy atom. The smallest absolute Gasteiger partial charge is 0.310 e. The van der Waals surface area contributed by atoms with Gasteiger partial charge in [-0.1, -0.05) is 13.8 Å². The van der Waals surface area contributed by atoms with E-state index in [1.165, 1.54) is 6.26 Å². The van der Waals surface area contributed by atoms with Crippen LogP contribution in [0.3, 0.4) is 0 Å². The minimum atomic E-state index is -0.146. The van der Waals surface area contributed by atoms with Gasteiger partial charge in [-0.05, 0) is 18.9 Å². The fourth-order valence-corrected chi connectivity index (χ4v) is 0.483. The Kier molecular flexibility index (Phi) is 5.83. The highest BCUT2D eigenvalue weighted by Gasteiger charge is 1.95. The molecule has 0 aromatic heterocycles. The third-order valence-corrected chi connectivity index (χ3v) is 0.986. The summed E-state index contributed by atoms with van der Waals surface area (Å²) in [6.07, 6.45) is 5.53. The van der Waals surface area contributed by atoms with Crippen molar-refractivity contribution in [2.24, 2.45) is 0 Å². The van der Waals surface area contributed by atoms with E-state index in [0.29, 0.717) is 6.42 Å². The zero-order chi connectivity index (χ0) is 7.82. The standard InChI is InChI=1S/C8H14O2/c1-3-5-7-10-8(9)6-4-2/h5,7H,3-4,6H2,1-2H3/b7-5+. The molecule has 0 spiro atoms. The molecule has 0 radical (unpaired) electrons. The lowest BCUT2D eigenvalue weighted by atomic mass is 10.3. The number of allylic oxidation sites excluding steroid dienone is 1. The first-order valence-electron chi connectivity index (χ1n) is 3.65. The van der Waals surface area contributed by atoms with Crippen LogP contribution in [0.15, 0.2) is 12.3 Å². The first kappa shape index (κ1) is 9.21. The second kappa shape index (κ2) is 6.33. The van der Waals surface area contributed by atoms with Crippen molar-refractivity contribution in [3.63, 3.8) is 0 Å². The molecule has 0 atom stereocenters. The summed E-state index contributed by atoms with van der Waals surface area (Å²) in [5.74, 6) is -0.146. The summed E-state index contributed by atoms with van der Waals surface area (Å²) >= 11 is 0. The summed E-state index contributed by atoms with van der Waals surface area (Å²) in [5.41, 5.74) is 0. The van der Waals surface area contributed by atoms with Crippen LogP contribution in [0, 0.1) is 0 Å². The molecule has 0 fully saturated rings. The van der Waals surface area contributed by atoms with E-state index >= 15 is 0 Å². The van der Waals surface area contributed by atoms with E-state index < -0.39 is 0 Å². The molecule has 2 nitrogen and oxygen atoms in total. The van der Waals surface area contributed by atoms with Gasteiger partial charge in [0.2, 0.25) is 0 Å². The molecule has 0 aromatic carbocycles. The van der Waals surface area contributed by atoms with E-state index in [2.05, 4.69) is 0 Å². The Hall–Kier alpha value is -0.790. The van der Waals surface area contributed by atoms with Crippen LogP contribution >= 0.6 is 0 Å². The number of carbonyl (C=O) groups excluding carboxylic acids is 1. The van der Waals surface area contributed by atoms with Crippen LogP contribution in [0.2, 0.25) is 0 Å². The van der Waals surface area contributed by atoms with Crippen molar-refractivity contribution in [3.8, 4) is 0 Å². The van der Waals surface area contributed by atoms with Crippen molar-refractivity contribution >= 4 is 5.97 Å². The third-order valence-electron chi connectivity index (χ3n) is 0.986. The first-order chi connectivity index (χ1) is 4.81. The van der Waals surface area contributed by atoms with Crippen LogP contribution < -0.4 is 0 Å². The maximum atomic E-state index is 10.6. The topological polar surface area (TPSA) is 26.3 Å². The number of hydrogen-bond acceptors (Lipinski definition) is 2. The summed E-state index contributed by atoms with van der Waals surface area (Å²) in [7, 11) is 0. The molecule has 0 heterocycles. The molecule has 0 N–H and O–H groups in total. The molecule has 2 heteroatoms. The largest absolute Gasteiger partial charge is 0.435 e. The molecule has 0 unspecified atom stereocenters. The van der Waals surface area contributed by atoms with Gasteiger partial charge in [0.15, 0.2) is 0 Å². The lowest BCUT2D eigenvalue weighted by molar-refractivity contribution is -0.138. The Balaban J connectivity index is 3.30. The molecule has 0 rings (SSSR count). The molecule has 0 amide bonds. The SMILES string of the molecule is CC/C=C/OC(=O)CCC. The molecule has 10 heavy (non-hydrogen) atoms. The van der Waals surface area contributed by atoms with Crippen LogP contribution in [-0.4, -0.2) is 5.97 Å². The van der Waals surface area contributed by atoms with E-state index in [4.69, 9.17) is 4.74 Å². The summed E-state index contributed by atoms with van der Waals surface area (Å²) < 4.78 is 4.70. The fraction of sp³-hybridized carbons (Fsp3) is 0.625. The Morgan fingerprint density at radius 3 is 2.70 bits per heavy atom. The summed E-state index contributed by atoms with van der Waals surface area (Å²) in [5, 5.41) is 0. The first-order valence-corrected chi connectivity index (χ1v) is 3.65. The van der Waals surface area contributed by atoms with Crippen molar-refractivity contribution in [2.45, 2.75) is 33.1 Å². The Bertz CT molecular complexity index is 116. The van der Waals surface area contributed by atoms with Crippen LogP contribution in [0.4, 0.5) is 0 Å². The molecule has 0 aliphatic rings. The number of rotatable bonds is 4. The van der Waals surface area contributed by atoms with E-state index in [-0.39, 0.29) is 5.97 Å². The zero-order valence-electron chi connectivity index (χ0n) is 6.59. The third kappa shape index (κ3) is 5.35. The monoisotopic (exact) mass is 142 g/mol. The van der Waals surface area contributed by atoms with Gasteiger partial charge in [0.25, 0.3) is 0 Å². The maximum Gasteiger partial charge on any atom is 0.310 e. The van der Waals surface area contributed by atoms with E-state index in [1.54, 1.807) is 0 Å². The molecule has 0 bridgehead atoms. The average molecular weight is 142 g/mol. The number of hydrogen-bond donors (Lipinski definition) is 0. The molecule has 58 valence electrons. The predicted octanol–water partition coefficient (Wildman–Crippen LogP) is 2.25.